The van der Waals surface area contributed by atoms with Crippen LogP contribution in [0.2, 0.25) is 0 Å². The van der Waals surface area contributed by atoms with Gasteiger partial charge < -0.3 is 19.9 Å². The highest BCUT2D eigenvalue weighted by Gasteiger charge is 2.04. The predicted octanol–water partition coefficient (Wildman–Crippen LogP) is 2.05. The maximum atomic E-state index is 5.71. The van der Waals surface area contributed by atoms with Crippen molar-refractivity contribution in [3.63, 3.8) is 0 Å². The second kappa shape index (κ2) is 8.06. The highest BCUT2D eigenvalue weighted by Crippen LogP contribution is 2.12. The number of rotatable bonds is 8. The highest BCUT2D eigenvalue weighted by atomic mass is 16.5. The van der Waals surface area contributed by atoms with Crippen LogP contribution in [-0.2, 0) is 11.3 Å². The van der Waals surface area contributed by atoms with Crippen molar-refractivity contribution < 1.29 is 14.2 Å². The smallest absolute Gasteiger partial charge is 0.218 e. The number of para-hydroxylation sites is 1. The maximum absolute atomic E-state index is 5.71. The van der Waals surface area contributed by atoms with Gasteiger partial charge in [0.15, 0.2) is 5.82 Å². The monoisotopic (exact) mass is 289 g/mol. The summed E-state index contributed by atoms with van der Waals surface area (Å²) in [4.78, 5) is 8.30. The van der Waals surface area contributed by atoms with Crippen LogP contribution in [0.4, 0.5) is 5.82 Å². The summed E-state index contributed by atoms with van der Waals surface area (Å²) in [6.07, 6.45) is 0. The molecular weight excluding hydrogens is 270 g/mol. The Bertz CT molecular complexity index is 549. The van der Waals surface area contributed by atoms with Crippen LogP contribution in [-0.4, -0.2) is 29.8 Å². The molecule has 2 rings (SSSR count). The van der Waals surface area contributed by atoms with E-state index in [-0.39, 0.29) is 0 Å². The molecule has 0 atom stereocenters. The van der Waals surface area contributed by atoms with Gasteiger partial charge in [-0.3, -0.25) is 0 Å². The van der Waals surface area contributed by atoms with Crippen molar-refractivity contribution >= 4 is 5.82 Å². The first-order valence-corrected chi connectivity index (χ1v) is 6.79. The molecule has 0 bridgehead atoms. The van der Waals surface area contributed by atoms with Crippen LogP contribution >= 0.6 is 0 Å². The van der Waals surface area contributed by atoms with Crippen LogP contribution in [0.15, 0.2) is 36.4 Å². The lowest BCUT2D eigenvalue weighted by atomic mass is 10.3. The second-order valence-corrected chi connectivity index (χ2v) is 4.19. The fourth-order valence-electron chi connectivity index (χ4n) is 1.65. The molecule has 0 amide bonds. The molecule has 2 aromatic rings. The zero-order chi connectivity index (χ0) is 14.9. The molecule has 2 N–H and O–H groups in total. The SMILES string of the molecule is CCOCc1nc(N)cc(OCCOc2ccccc2)n1. The first kappa shape index (κ1) is 15.1. The second-order valence-electron chi connectivity index (χ2n) is 4.19. The molecule has 0 aliphatic carbocycles. The molecular formula is C15H19N3O3. The third kappa shape index (κ3) is 5.27. The van der Waals surface area contributed by atoms with E-state index >= 15 is 0 Å². The number of benzene rings is 1. The van der Waals surface area contributed by atoms with E-state index in [2.05, 4.69) is 9.97 Å². The van der Waals surface area contributed by atoms with Gasteiger partial charge in [-0.1, -0.05) is 18.2 Å². The molecule has 0 saturated carbocycles. The summed E-state index contributed by atoms with van der Waals surface area (Å²) in [5, 5.41) is 0. The fourth-order valence-corrected chi connectivity index (χ4v) is 1.65. The largest absolute Gasteiger partial charge is 0.490 e. The molecule has 0 aliphatic rings. The van der Waals surface area contributed by atoms with Crippen LogP contribution < -0.4 is 15.2 Å². The van der Waals surface area contributed by atoms with Crippen molar-refractivity contribution in [2.24, 2.45) is 0 Å². The van der Waals surface area contributed by atoms with Gasteiger partial charge in [-0.2, -0.15) is 4.98 Å². The van der Waals surface area contributed by atoms with Gasteiger partial charge in [0.2, 0.25) is 5.88 Å². The van der Waals surface area contributed by atoms with Crippen LogP contribution in [0, 0.1) is 0 Å². The Morgan fingerprint density at radius 1 is 1.05 bits per heavy atom. The third-order valence-corrected chi connectivity index (χ3v) is 2.55. The number of nitrogens with two attached hydrogens (primary N) is 1. The quantitative estimate of drug-likeness (QED) is 0.749. The Hall–Kier alpha value is -2.34. The minimum absolute atomic E-state index is 0.318. The molecule has 0 saturated heterocycles. The molecule has 0 radical (unpaired) electrons. The zero-order valence-electron chi connectivity index (χ0n) is 12.0. The normalized spacial score (nSPS) is 10.3. The van der Waals surface area contributed by atoms with E-state index in [4.69, 9.17) is 19.9 Å². The van der Waals surface area contributed by atoms with Crippen molar-refractivity contribution in [1.82, 2.24) is 9.97 Å². The van der Waals surface area contributed by atoms with Gasteiger partial charge in [0.1, 0.15) is 31.4 Å². The molecule has 1 aromatic heterocycles. The first-order valence-electron chi connectivity index (χ1n) is 6.79. The van der Waals surface area contributed by atoms with Crippen LogP contribution in [0.3, 0.4) is 0 Å². The Balaban J connectivity index is 1.81. The van der Waals surface area contributed by atoms with E-state index in [1.807, 2.05) is 37.3 Å². The lowest BCUT2D eigenvalue weighted by Crippen LogP contribution is -2.11. The van der Waals surface area contributed by atoms with E-state index in [9.17, 15) is 0 Å². The van der Waals surface area contributed by atoms with Crippen LogP contribution in [0.5, 0.6) is 11.6 Å². The summed E-state index contributed by atoms with van der Waals surface area (Å²) in [7, 11) is 0. The summed E-state index contributed by atoms with van der Waals surface area (Å²) < 4.78 is 16.3. The van der Waals surface area contributed by atoms with E-state index in [1.54, 1.807) is 6.07 Å². The molecule has 0 fully saturated rings. The van der Waals surface area contributed by atoms with E-state index < -0.39 is 0 Å². The third-order valence-electron chi connectivity index (χ3n) is 2.55. The average Bonchev–Trinajstić information content (AvgIpc) is 2.50. The maximum Gasteiger partial charge on any atom is 0.218 e. The summed E-state index contributed by atoms with van der Waals surface area (Å²) in [5.74, 6) is 2.10. The minimum Gasteiger partial charge on any atom is -0.490 e. The Labute approximate surface area is 123 Å². The summed E-state index contributed by atoms with van der Waals surface area (Å²) in [6.45, 7) is 3.62. The topological polar surface area (TPSA) is 79.5 Å². The standard InChI is InChI=1S/C15H19N3O3/c1-2-19-11-14-17-13(16)10-15(18-14)21-9-8-20-12-6-4-3-5-7-12/h3-7,10H,2,8-9,11H2,1H3,(H2,16,17,18). The minimum atomic E-state index is 0.318. The van der Waals surface area contributed by atoms with E-state index in [0.29, 0.717) is 43.9 Å². The number of ether oxygens (including phenoxy) is 3. The molecule has 0 unspecified atom stereocenters. The zero-order valence-corrected chi connectivity index (χ0v) is 12.0. The molecule has 0 aliphatic heterocycles. The van der Waals surface area contributed by atoms with E-state index in [0.717, 1.165) is 5.75 Å². The van der Waals surface area contributed by atoms with E-state index in [1.165, 1.54) is 0 Å². The molecule has 1 heterocycles. The van der Waals surface area contributed by atoms with Gasteiger partial charge >= 0.3 is 0 Å². The molecule has 112 valence electrons. The number of nitrogen functional groups attached to an aromatic ring is 1. The average molecular weight is 289 g/mol. The number of hydrogen-bond acceptors (Lipinski definition) is 6. The summed E-state index contributed by atoms with van der Waals surface area (Å²) >= 11 is 0. The van der Waals surface area contributed by atoms with Crippen molar-refractivity contribution in [2.75, 3.05) is 25.6 Å². The van der Waals surface area contributed by atoms with Gasteiger partial charge in [0, 0.05) is 12.7 Å². The lowest BCUT2D eigenvalue weighted by molar-refractivity contribution is 0.127. The molecule has 1 aromatic carbocycles. The first-order chi connectivity index (χ1) is 10.3. The van der Waals surface area contributed by atoms with Gasteiger partial charge in [-0.05, 0) is 19.1 Å². The van der Waals surface area contributed by atoms with Crippen molar-refractivity contribution in [1.29, 1.82) is 0 Å². The van der Waals surface area contributed by atoms with Gasteiger partial charge in [0.25, 0.3) is 0 Å². The molecule has 6 nitrogen and oxygen atoms in total. The van der Waals surface area contributed by atoms with Crippen molar-refractivity contribution in [3.05, 3.63) is 42.2 Å². The molecule has 0 spiro atoms. The predicted molar refractivity (Wildman–Crippen MR) is 79.2 cm³/mol. The fraction of sp³-hybridized carbons (Fsp3) is 0.333. The summed E-state index contributed by atoms with van der Waals surface area (Å²) in [5.41, 5.74) is 5.71. The van der Waals surface area contributed by atoms with Crippen LogP contribution in [0.25, 0.3) is 0 Å². The van der Waals surface area contributed by atoms with Gasteiger partial charge in [0.05, 0.1) is 0 Å². The lowest BCUT2D eigenvalue weighted by Gasteiger charge is -2.09. The van der Waals surface area contributed by atoms with Gasteiger partial charge in [-0.15, -0.1) is 0 Å². The Kier molecular flexibility index (Phi) is 5.78. The molecule has 21 heavy (non-hydrogen) atoms. The Morgan fingerprint density at radius 2 is 1.81 bits per heavy atom. The van der Waals surface area contributed by atoms with Gasteiger partial charge in [-0.25, -0.2) is 4.98 Å². The highest BCUT2D eigenvalue weighted by molar-refractivity contribution is 5.32. The van der Waals surface area contributed by atoms with Crippen molar-refractivity contribution in [2.45, 2.75) is 13.5 Å². The number of anilines is 1. The Morgan fingerprint density at radius 3 is 2.57 bits per heavy atom. The number of hydrogen-bond donors (Lipinski definition) is 1. The molecule has 6 heteroatoms. The van der Waals surface area contributed by atoms with Crippen LogP contribution in [0.1, 0.15) is 12.7 Å². The number of aromatic nitrogens is 2. The number of nitrogens with zero attached hydrogens (tertiary/aromatic N) is 2. The summed E-state index contributed by atoms with van der Waals surface area (Å²) in [6, 6.07) is 11.1. The van der Waals surface area contributed by atoms with Crippen molar-refractivity contribution in [3.8, 4) is 11.6 Å².